The summed E-state index contributed by atoms with van der Waals surface area (Å²) in [5.74, 6) is 0.237. The molecule has 1 aliphatic carbocycles. The SMILES string of the molecule is COc1ccc2c(c1)C=C(c1c(C(=O)N(C)C)cnn1C)Cn1c-2c(C2CCCCC2)c2ccc(C(=O)NS(=O)(=O)C(C)C)cc21. The zero-order chi connectivity index (χ0) is 32.9. The molecule has 0 atom stereocenters. The maximum atomic E-state index is 13.3. The topological polar surface area (TPSA) is 116 Å². The average Bonchev–Trinajstić information content (AvgIpc) is 3.51. The number of nitrogens with zero attached hydrogens (tertiary/aromatic N) is 4. The van der Waals surface area contributed by atoms with Crippen LogP contribution in [-0.4, -0.2) is 65.9 Å². The van der Waals surface area contributed by atoms with Gasteiger partial charge in [0.05, 0.1) is 42.1 Å². The monoisotopic (exact) mass is 643 g/mol. The van der Waals surface area contributed by atoms with E-state index in [0.717, 1.165) is 64.7 Å². The highest BCUT2D eigenvalue weighted by molar-refractivity contribution is 7.90. The van der Waals surface area contributed by atoms with Crippen molar-refractivity contribution in [2.75, 3.05) is 21.2 Å². The van der Waals surface area contributed by atoms with Gasteiger partial charge in [0.15, 0.2) is 0 Å². The lowest BCUT2D eigenvalue weighted by molar-refractivity contribution is 0.0826. The van der Waals surface area contributed by atoms with Gasteiger partial charge in [-0.05, 0) is 85.7 Å². The third-order valence-electron chi connectivity index (χ3n) is 9.29. The van der Waals surface area contributed by atoms with E-state index < -0.39 is 21.2 Å². The van der Waals surface area contributed by atoms with Gasteiger partial charge in [-0.2, -0.15) is 5.10 Å². The van der Waals surface area contributed by atoms with E-state index in [9.17, 15) is 18.0 Å². The maximum Gasteiger partial charge on any atom is 0.264 e. The molecule has 242 valence electrons. The van der Waals surface area contributed by atoms with Gasteiger partial charge in [-0.15, -0.1) is 0 Å². The largest absolute Gasteiger partial charge is 0.497 e. The molecule has 10 nitrogen and oxygen atoms in total. The Morgan fingerprint density at radius 1 is 1.04 bits per heavy atom. The third kappa shape index (κ3) is 5.50. The Bertz CT molecular complexity index is 1990. The van der Waals surface area contributed by atoms with Gasteiger partial charge in [-0.25, -0.2) is 13.1 Å². The molecule has 0 unspecified atom stereocenters. The van der Waals surface area contributed by atoms with E-state index in [1.54, 1.807) is 49.1 Å². The van der Waals surface area contributed by atoms with Crippen molar-refractivity contribution < 1.29 is 22.7 Å². The molecule has 0 saturated heterocycles. The van der Waals surface area contributed by atoms with Crippen LogP contribution in [0.4, 0.5) is 0 Å². The van der Waals surface area contributed by atoms with E-state index in [1.165, 1.54) is 25.8 Å². The fraction of sp³-hybridized carbons (Fsp3) is 0.400. The summed E-state index contributed by atoms with van der Waals surface area (Å²) in [6.07, 6.45) is 9.35. The van der Waals surface area contributed by atoms with Gasteiger partial charge in [-0.1, -0.05) is 25.3 Å². The molecular weight excluding hydrogens is 602 g/mol. The number of nitrogens with one attached hydrogen (secondary N) is 1. The van der Waals surface area contributed by atoms with Gasteiger partial charge in [0.2, 0.25) is 10.0 Å². The number of carbonyl (C=O) groups is 2. The number of fused-ring (bicyclic) bond motifs is 5. The minimum atomic E-state index is -3.82. The smallest absolute Gasteiger partial charge is 0.264 e. The minimum Gasteiger partial charge on any atom is -0.497 e. The van der Waals surface area contributed by atoms with Crippen LogP contribution in [0.5, 0.6) is 5.75 Å². The van der Waals surface area contributed by atoms with Crippen LogP contribution in [-0.2, 0) is 23.6 Å². The lowest BCUT2D eigenvalue weighted by Crippen LogP contribution is -2.35. The first-order valence-corrected chi connectivity index (χ1v) is 17.3. The minimum absolute atomic E-state index is 0.148. The number of allylic oxidation sites excluding steroid dienone is 1. The van der Waals surface area contributed by atoms with Gasteiger partial charge >= 0.3 is 0 Å². The molecule has 4 aromatic rings. The Balaban J connectivity index is 1.63. The van der Waals surface area contributed by atoms with E-state index in [4.69, 9.17) is 4.74 Å². The van der Waals surface area contributed by atoms with Crippen molar-refractivity contribution >= 4 is 44.4 Å². The van der Waals surface area contributed by atoms with Crippen molar-refractivity contribution in [3.63, 3.8) is 0 Å². The molecule has 2 amide bonds. The number of aromatic nitrogens is 3. The lowest BCUT2D eigenvalue weighted by atomic mass is 9.81. The first-order valence-electron chi connectivity index (χ1n) is 15.8. The number of methoxy groups -OCH3 is 1. The number of amides is 2. The first-order chi connectivity index (χ1) is 21.9. The normalized spacial score (nSPS) is 15.2. The quantitative estimate of drug-likeness (QED) is 0.271. The highest BCUT2D eigenvalue weighted by Crippen LogP contribution is 2.48. The van der Waals surface area contributed by atoms with Crippen molar-refractivity contribution in [3.05, 3.63) is 70.5 Å². The molecule has 1 N–H and O–H groups in total. The fourth-order valence-electron chi connectivity index (χ4n) is 6.85. The highest BCUT2D eigenvalue weighted by atomic mass is 32.2. The van der Waals surface area contributed by atoms with E-state index in [1.807, 2.05) is 25.2 Å². The Labute approximate surface area is 270 Å². The van der Waals surface area contributed by atoms with Crippen LogP contribution >= 0.6 is 0 Å². The Kier molecular flexibility index (Phi) is 8.30. The van der Waals surface area contributed by atoms with Crippen LogP contribution in [0.15, 0.2) is 42.6 Å². The summed E-state index contributed by atoms with van der Waals surface area (Å²) < 4.78 is 37.1. The summed E-state index contributed by atoms with van der Waals surface area (Å²) in [7, 11) is 3.11. The van der Waals surface area contributed by atoms with Gasteiger partial charge < -0.3 is 14.2 Å². The molecule has 1 saturated carbocycles. The first kappa shape index (κ1) is 31.6. The van der Waals surface area contributed by atoms with Gasteiger partial charge in [0.1, 0.15) is 5.75 Å². The van der Waals surface area contributed by atoms with Gasteiger partial charge in [-0.3, -0.25) is 14.3 Å². The predicted octanol–water partition coefficient (Wildman–Crippen LogP) is 5.82. The molecule has 2 aliphatic rings. The van der Waals surface area contributed by atoms with E-state index >= 15 is 0 Å². The maximum absolute atomic E-state index is 13.3. The second kappa shape index (κ2) is 12.1. The van der Waals surface area contributed by atoms with Gasteiger partial charge in [0.25, 0.3) is 11.8 Å². The number of hydrogen-bond donors (Lipinski definition) is 1. The number of hydrogen-bond acceptors (Lipinski definition) is 6. The van der Waals surface area contributed by atoms with E-state index in [2.05, 4.69) is 26.5 Å². The standard InChI is InChI=1S/C35H41N5O5S/c1-21(2)46(43,44)37-34(41)23-12-14-28-30(18-23)40-20-25(32-29(19-36-39(32)5)35(42)38(3)4)16-24-17-26(45-6)13-15-27(24)33(40)31(28)22-10-8-7-9-11-22/h12-19,21-22H,7-11,20H2,1-6H3,(H,37,41). The fourth-order valence-corrected chi connectivity index (χ4v) is 7.46. The molecule has 46 heavy (non-hydrogen) atoms. The zero-order valence-electron chi connectivity index (χ0n) is 27.3. The van der Waals surface area contributed by atoms with Crippen LogP contribution in [0.2, 0.25) is 0 Å². The molecule has 6 rings (SSSR count). The molecule has 2 aromatic carbocycles. The number of ether oxygens (including phenoxy) is 1. The number of rotatable bonds is 7. The van der Waals surface area contributed by atoms with Crippen molar-refractivity contribution in [1.29, 1.82) is 0 Å². The lowest BCUT2D eigenvalue weighted by Gasteiger charge is -2.24. The summed E-state index contributed by atoms with van der Waals surface area (Å²) in [6.45, 7) is 3.48. The van der Waals surface area contributed by atoms with Crippen LogP contribution < -0.4 is 9.46 Å². The van der Waals surface area contributed by atoms with Crippen molar-refractivity contribution in [2.24, 2.45) is 7.05 Å². The summed E-state index contributed by atoms with van der Waals surface area (Å²) in [4.78, 5) is 28.2. The number of sulfonamides is 1. The Hall–Kier alpha value is -4.38. The van der Waals surface area contributed by atoms with Crippen LogP contribution in [0.1, 0.15) is 89.4 Å². The summed E-state index contributed by atoms with van der Waals surface area (Å²) in [5.41, 5.74) is 7.48. The Morgan fingerprint density at radius 2 is 1.78 bits per heavy atom. The molecule has 1 fully saturated rings. The van der Waals surface area contributed by atoms with Gasteiger partial charge in [0, 0.05) is 43.2 Å². The molecule has 0 bridgehead atoms. The molecule has 0 spiro atoms. The van der Waals surface area contributed by atoms with E-state index in [0.29, 0.717) is 23.7 Å². The van der Waals surface area contributed by atoms with Crippen LogP contribution in [0.25, 0.3) is 33.8 Å². The predicted molar refractivity (Wildman–Crippen MR) is 180 cm³/mol. The second-order valence-electron chi connectivity index (χ2n) is 12.8. The highest BCUT2D eigenvalue weighted by Gasteiger charge is 2.32. The summed E-state index contributed by atoms with van der Waals surface area (Å²) >= 11 is 0. The number of aryl methyl sites for hydroxylation is 1. The average molecular weight is 644 g/mol. The number of carbonyl (C=O) groups excluding carboxylic acids is 2. The molecule has 2 aromatic heterocycles. The molecule has 0 radical (unpaired) electrons. The van der Waals surface area contributed by atoms with Crippen molar-refractivity contribution in [3.8, 4) is 17.0 Å². The summed E-state index contributed by atoms with van der Waals surface area (Å²) in [5, 5.41) is 4.78. The van der Waals surface area contributed by atoms with Crippen molar-refractivity contribution in [1.82, 2.24) is 24.0 Å². The summed E-state index contributed by atoms with van der Waals surface area (Å²) in [6, 6.07) is 11.6. The zero-order valence-corrected chi connectivity index (χ0v) is 28.1. The van der Waals surface area contributed by atoms with Crippen LogP contribution in [0.3, 0.4) is 0 Å². The molecular formula is C35H41N5O5S. The van der Waals surface area contributed by atoms with Crippen LogP contribution in [0, 0.1) is 0 Å². The van der Waals surface area contributed by atoms with E-state index in [-0.39, 0.29) is 11.5 Å². The molecule has 11 heteroatoms. The second-order valence-corrected chi connectivity index (χ2v) is 15.0. The number of benzene rings is 2. The van der Waals surface area contributed by atoms with Crippen molar-refractivity contribution in [2.45, 2.75) is 63.7 Å². The third-order valence-corrected chi connectivity index (χ3v) is 11.0. The Morgan fingerprint density at radius 3 is 2.46 bits per heavy atom. The molecule has 1 aliphatic heterocycles. The molecule has 3 heterocycles.